The van der Waals surface area contributed by atoms with E-state index in [4.69, 9.17) is 29.0 Å². The van der Waals surface area contributed by atoms with Crippen molar-refractivity contribution < 1.29 is 4.74 Å². The summed E-state index contributed by atoms with van der Waals surface area (Å²) in [6.45, 7) is 3.06. The van der Waals surface area contributed by atoms with E-state index in [2.05, 4.69) is 20.2 Å². The lowest BCUT2D eigenvalue weighted by Gasteiger charge is -2.12. The highest BCUT2D eigenvalue weighted by molar-refractivity contribution is 7.80. The lowest BCUT2D eigenvalue weighted by molar-refractivity contribution is 0.289. The van der Waals surface area contributed by atoms with Crippen LogP contribution < -0.4 is 4.74 Å². The highest BCUT2D eigenvalue weighted by Gasteiger charge is 2.22. The first-order valence-electron chi connectivity index (χ1n) is 8.58. The van der Waals surface area contributed by atoms with Crippen molar-refractivity contribution in [1.29, 1.82) is 0 Å². The molecule has 4 aromatic rings. The summed E-state index contributed by atoms with van der Waals surface area (Å²) in [5.41, 5.74) is 1.88. The summed E-state index contributed by atoms with van der Waals surface area (Å²) in [6.07, 6.45) is 0. The van der Waals surface area contributed by atoms with Crippen molar-refractivity contribution >= 4 is 35.3 Å². The van der Waals surface area contributed by atoms with Crippen LogP contribution in [0.4, 0.5) is 0 Å². The lowest BCUT2D eigenvalue weighted by atomic mass is 10.3. The molecule has 1 unspecified atom stereocenters. The van der Waals surface area contributed by atoms with Crippen LogP contribution in [0.3, 0.4) is 0 Å². The van der Waals surface area contributed by atoms with Gasteiger partial charge in [-0.15, -0.1) is 10.2 Å². The Hall–Kier alpha value is -2.51. The summed E-state index contributed by atoms with van der Waals surface area (Å²) in [7, 11) is 0. The second kappa shape index (κ2) is 7.62. The van der Waals surface area contributed by atoms with E-state index in [0.717, 1.165) is 34.3 Å². The molecular weight excluding hydrogens is 382 g/mol. The van der Waals surface area contributed by atoms with Crippen molar-refractivity contribution in [1.82, 2.24) is 24.7 Å². The molecule has 27 heavy (non-hydrogen) atoms. The molecule has 0 amide bonds. The first kappa shape index (κ1) is 17.9. The van der Waals surface area contributed by atoms with E-state index in [1.807, 2.05) is 47.9 Å². The Labute approximate surface area is 167 Å². The third kappa shape index (κ3) is 3.65. The summed E-state index contributed by atoms with van der Waals surface area (Å²) < 4.78 is 7.81. The minimum atomic E-state index is -0.311. The number of nitrogens with zero attached hydrogens (tertiary/aromatic N) is 4. The molecule has 0 aliphatic carbocycles. The fourth-order valence-corrected chi connectivity index (χ4v) is 3.35. The largest absolute Gasteiger partial charge is 0.486 e. The maximum Gasteiger partial charge on any atom is 0.171 e. The van der Waals surface area contributed by atoms with Gasteiger partial charge in [-0.3, -0.25) is 0 Å². The van der Waals surface area contributed by atoms with Crippen molar-refractivity contribution in [2.24, 2.45) is 0 Å². The summed E-state index contributed by atoms with van der Waals surface area (Å²) in [5.74, 6) is 2.94. The van der Waals surface area contributed by atoms with E-state index in [0.29, 0.717) is 18.2 Å². The van der Waals surface area contributed by atoms with Crippen molar-refractivity contribution in [2.45, 2.75) is 25.3 Å². The van der Waals surface area contributed by atoms with Gasteiger partial charge in [0.1, 0.15) is 23.4 Å². The monoisotopic (exact) mass is 399 g/mol. The topological polar surface area (TPSA) is 68.6 Å². The SMILES string of the molecule is CCn1c(COc2ccc(Cl)cc2)nnc1C(S)c1nc2ccccc2[nH]1. The smallest absolute Gasteiger partial charge is 0.171 e. The molecule has 2 aromatic carbocycles. The summed E-state index contributed by atoms with van der Waals surface area (Å²) in [6, 6.07) is 15.1. The van der Waals surface area contributed by atoms with E-state index in [-0.39, 0.29) is 5.25 Å². The number of aromatic amines is 1. The molecule has 2 heterocycles. The molecule has 0 saturated heterocycles. The Balaban J connectivity index is 1.57. The molecule has 138 valence electrons. The number of imidazole rings is 1. The first-order chi connectivity index (χ1) is 13.2. The van der Waals surface area contributed by atoms with Crippen molar-refractivity contribution in [3.05, 3.63) is 71.0 Å². The number of H-pyrrole nitrogens is 1. The minimum absolute atomic E-state index is 0.309. The predicted octanol–water partition coefficient (Wildman–Crippen LogP) is 4.43. The molecule has 8 heteroatoms. The number of aromatic nitrogens is 5. The number of benzene rings is 2. The fourth-order valence-electron chi connectivity index (χ4n) is 2.91. The summed E-state index contributed by atoms with van der Waals surface area (Å²) >= 11 is 10.6. The van der Waals surface area contributed by atoms with Gasteiger partial charge in [0.2, 0.25) is 0 Å². The highest BCUT2D eigenvalue weighted by Crippen LogP contribution is 2.27. The van der Waals surface area contributed by atoms with Crippen LogP contribution in [0.5, 0.6) is 5.75 Å². The van der Waals surface area contributed by atoms with Gasteiger partial charge in [0.25, 0.3) is 0 Å². The average molecular weight is 400 g/mol. The third-order valence-electron chi connectivity index (χ3n) is 4.27. The first-order valence-corrected chi connectivity index (χ1v) is 9.48. The molecule has 0 aliphatic heterocycles. The zero-order valence-corrected chi connectivity index (χ0v) is 16.3. The molecule has 0 aliphatic rings. The van der Waals surface area contributed by atoms with Gasteiger partial charge in [-0.05, 0) is 43.3 Å². The molecule has 4 rings (SSSR count). The van der Waals surface area contributed by atoms with Gasteiger partial charge in [0.05, 0.1) is 11.0 Å². The standard InChI is InChI=1S/C19H18ClN5OS/c1-2-25-16(11-26-13-9-7-12(20)8-10-13)23-24-19(25)17(27)18-21-14-5-3-4-6-15(14)22-18/h3-10,17,27H,2,11H2,1H3,(H,21,22). The van der Waals surface area contributed by atoms with Gasteiger partial charge < -0.3 is 14.3 Å². The van der Waals surface area contributed by atoms with E-state index < -0.39 is 0 Å². The van der Waals surface area contributed by atoms with Crippen LogP contribution in [0.25, 0.3) is 11.0 Å². The van der Waals surface area contributed by atoms with Crippen molar-refractivity contribution in [3.63, 3.8) is 0 Å². The van der Waals surface area contributed by atoms with E-state index in [1.165, 1.54) is 0 Å². The van der Waals surface area contributed by atoms with Gasteiger partial charge in [0.15, 0.2) is 11.6 Å². The number of hydrogen-bond acceptors (Lipinski definition) is 5. The number of nitrogens with one attached hydrogen (secondary N) is 1. The number of ether oxygens (including phenoxy) is 1. The molecular formula is C19H18ClN5OS. The Kier molecular flexibility index (Phi) is 5.05. The normalized spacial score (nSPS) is 12.4. The van der Waals surface area contributed by atoms with Crippen LogP contribution in [-0.4, -0.2) is 24.7 Å². The molecule has 1 atom stereocenters. The van der Waals surface area contributed by atoms with Crippen LogP contribution in [0.15, 0.2) is 48.5 Å². The van der Waals surface area contributed by atoms with Crippen LogP contribution in [-0.2, 0) is 13.2 Å². The number of rotatable bonds is 6. The van der Waals surface area contributed by atoms with Crippen LogP contribution in [0.2, 0.25) is 5.02 Å². The zero-order valence-electron chi connectivity index (χ0n) is 14.6. The number of para-hydroxylation sites is 2. The van der Waals surface area contributed by atoms with Crippen molar-refractivity contribution in [3.8, 4) is 5.75 Å². The number of hydrogen-bond donors (Lipinski definition) is 2. The average Bonchev–Trinajstić information content (AvgIpc) is 3.30. The van der Waals surface area contributed by atoms with Gasteiger partial charge in [-0.25, -0.2) is 4.98 Å². The van der Waals surface area contributed by atoms with Gasteiger partial charge in [-0.2, -0.15) is 12.6 Å². The highest BCUT2D eigenvalue weighted by atomic mass is 35.5. The lowest BCUT2D eigenvalue weighted by Crippen LogP contribution is -2.11. The Morgan fingerprint density at radius 1 is 1.15 bits per heavy atom. The molecule has 0 saturated carbocycles. The second-order valence-electron chi connectivity index (χ2n) is 6.00. The van der Waals surface area contributed by atoms with Gasteiger partial charge in [0, 0.05) is 11.6 Å². The van der Waals surface area contributed by atoms with Crippen LogP contribution in [0.1, 0.15) is 29.6 Å². The summed E-state index contributed by atoms with van der Waals surface area (Å²) in [4.78, 5) is 7.92. The molecule has 2 aromatic heterocycles. The number of fused-ring (bicyclic) bond motifs is 1. The van der Waals surface area contributed by atoms with Crippen LogP contribution >= 0.6 is 24.2 Å². The van der Waals surface area contributed by atoms with Gasteiger partial charge >= 0.3 is 0 Å². The molecule has 0 fully saturated rings. The van der Waals surface area contributed by atoms with Crippen LogP contribution in [0, 0.1) is 0 Å². The number of thiol groups is 1. The molecule has 6 nitrogen and oxygen atoms in total. The minimum Gasteiger partial charge on any atom is -0.486 e. The fraction of sp³-hybridized carbons (Fsp3) is 0.211. The maximum atomic E-state index is 5.90. The second-order valence-corrected chi connectivity index (χ2v) is 6.96. The van der Waals surface area contributed by atoms with Crippen molar-refractivity contribution in [2.75, 3.05) is 0 Å². The number of halogens is 1. The van der Waals surface area contributed by atoms with Gasteiger partial charge in [-0.1, -0.05) is 23.7 Å². The molecule has 0 radical (unpaired) electrons. The van der Waals surface area contributed by atoms with E-state index >= 15 is 0 Å². The zero-order chi connectivity index (χ0) is 18.8. The molecule has 0 spiro atoms. The quantitative estimate of drug-likeness (QED) is 0.471. The maximum absolute atomic E-state index is 5.90. The Bertz CT molecular complexity index is 1030. The Morgan fingerprint density at radius 3 is 2.67 bits per heavy atom. The third-order valence-corrected chi connectivity index (χ3v) is 4.99. The predicted molar refractivity (Wildman–Crippen MR) is 108 cm³/mol. The molecule has 1 N–H and O–H groups in total. The summed E-state index contributed by atoms with van der Waals surface area (Å²) in [5, 5.41) is 8.99. The molecule has 0 bridgehead atoms. The Morgan fingerprint density at radius 2 is 1.93 bits per heavy atom. The van der Waals surface area contributed by atoms with E-state index in [1.54, 1.807) is 12.1 Å². The van der Waals surface area contributed by atoms with E-state index in [9.17, 15) is 0 Å².